The molecule has 0 aromatic heterocycles. The molecule has 0 spiro atoms. The maximum atomic E-state index is 11.9. The van der Waals surface area contributed by atoms with Crippen LogP contribution in [0.15, 0.2) is 4.99 Å². The van der Waals surface area contributed by atoms with E-state index in [1.807, 2.05) is 0 Å². The Morgan fingerprint density at radius 3 is 2.53 bits per heavy atom. The Bertz CT molecular complexity index is 258. The van der Waals surface area contributed by atoms with E-state index in [-0.39, 0.29) is 5.96 Å². The Morgan fingerprint density at radius 2 is 1.88 bits per heavy atom. The molecule has 0 aliphatic carbocycles. The number of Topliss-reactive ketones (excluding diaryl/α,β-unsaturated/α-hetero) is 1. The van der Waals surface area contributed by atoms with Crippen LogP contribution in [0.4, 0.5) is 0 Å². The zero-order valence-electron chi connectivity index (χ0n) is 10.3. The molecule has 4 N–H and O–H groups in total. The van der Waals surface area contributed by atoms with E-state index in [2.05, 4.69) is 4.99 Å². The molecule has 0 aromatic rings. The number of ketones is 1. The van der Waals surface area contributed by atoms with Crippen LogP contribution in [-0.2, 0) is 4.79 Å². The molecule has 1 aliphatic heterocycles. The minimum absolute atomic E-state index is 0.159. The first-order valence-corrected chi connectivity index (χ1v) is 9.37. The van der Waals surface area contributed by atoms with Gasteiger partial charge in [0.25, 0.3) is 0 Å². The molecular weight excluding hydrogens is 329 g/mol. The first kappa shape index (κ1) is 14.7. The fraction of sp³-hybridized carbons (Fsp3) is 0.833. The number of halogens is 1. The van der Waals surface area contributed by atoms with Gasteiger partial charge in [-0.2, -0.15) is 0 Å². The number of hydrogen-bond donors (Lipinski definition) is 2. The summed E-state index contributed by atoms with van der Waals surface area (Å²) in [4.78, 5) is 15.8. The van der Waals surface area contributed by atoms with Crippen LogP contribution in [-0.4, -0.2) is 27.1 Å². The van der Waals surface area contributed by atoms with E-state index in [0.717, 1.165) is 25.7 Å². The van der Waals surface area contributed by atoms with Crippen LogP contribution in [0.2, 0.25) is 0 Å². The molecule has 1 rings (SSSR count). The molecule has 5 heteroatoms. The van der Waals surface area contributed by atoms with Crippen molar-refractivity contribution >= 4 is 11.7 Å². The minimum atomic E-state index is 0.159. The Hall–Kier alpha value is -0.330. The van der Waals surface area contributed by atoms with E-state index in [0.29, 0.717) is 39.5 Å². The fourth-order valence-electron chi connectivity index (χ4n) is 1.98. The summed E-state index contributed by atoms with van der Waals surface area (Å²) in [6.45, 7) is 0.685. The SMILES string of the molecule is NC(N)=NCCCCCC(=O)C1CC[I-]CC1. The van der Waals surface area contributed by atoms with Crippen molar-refractivity contribution in [1.29, 1.82) is 0 Å². The number of nitrogens with zero attached hydrogens (tertiary/aromatic N) is 1. The average molecular weight is 352 g/mol. The second kappa shape index (κ2) is 8.72. The number of rotatable bonds is 7. The van der Waals surface area contributed by atoms with Gasteiger partial charge in [0.15, 0.2) is 0 Å². The van der Waals surface area contributed by atoms with Crippen LogP contribution in [0, 0.1) is 5.92 Å². The van der Waals surface area contributed by atoms with Gasteiger partial charge in [0.05, 0.1) is 0 Å². The summed E-state index contributed by atoms with van der Waals surface area (Å²) in [6.07, 6.45) is 6.10. The molecule has 17 heavy (non-hydrogen) atoms. The van der Waals surface area contributed by atoms with Crippen LogP contribution in [0.3, 0.4) is 0 Å². The summed E-state index contributed by atoms with van der Waals surface area (Å²) in [5.74, 6) is 1.04. The van der Waals surface area contributed by atoms with Gasteiger partial charge in [-0.25, -0.2) is 0 Å². The van der Waals surface area contributed by atoms with Crippen molar-refractivity contribution in [3.05, 3.63) is 0 Å². The van der Waals surface area contributed by atoms with E-state index in [1.165, 1.54) is 21.7 Å². The van der Waals surface area contributed by atoms with E-state index in [1.54, 1.807) is 0 Å². The summed E-state index contributed by atoms with van der Waals surface area (Å²) < 4.78 is 2.69. The van der Waals surface area contributed by atoms with Crippen LogP contribution in [0.25, 0.3) is 0 Å². The first-order chi connectivity index (χ1) is 8.20. The standard InChI is InChI=1S/C12H23IN3O/c14-12(15)16-9-3-1-2-4-11(17)10-5-7-13-8-6-10/h10H,1-9H2,(H4,14,15,16)/q-1. The number of aliphatic imine (C=N–C) groups is 1. The second-order valence-electron chi connectivity index (χ2n) is 4.42. The second-order valence-corrected chi connectivity index (χ2v) is 7.66. The molecule has 0 saturated carbocycles. The Morgan fingerprint density at radius 1 is 1.18 bits per heavy atom. The van der Waals surface area contributed by atoms with Gasteiger partial charge in [-0.15, -0.1) is 0 Å². The van der Waals surface area contributed by atoms with Gasteiger partial charge in [0.1, 0.15) is 0 Å². The predicted molar refractivity (Wildman–Crippen MR) is 66.6 cm³/mol. The number of nitrogens with two attached hydrogens (primary N) is 2. The average Bonchev–Trinajstić information content (AvgIpc) is 2.34. The zero-order chi connectivity index (χ0) is 12.5. The Labute approximate surface area is 114 Å². The first-order valence-electron chi connectivity index (χ1n) is 6.31. The van der Waals surface area contributed by atoms with Gasteiger partial charge < -0.3 is 0 Å². The third-order valence-electron chi connectivity index (χ3n) is 3.01. The van der Waals surface area contributed by atoms with Crippen LogP contribution in [0.5, 0.6) is 0 Å². The molecule has 1 heterocycles. The van der Waals surface area contributed by atoms with Crippen molar-refractivity contribution in [1.82, 2.24) is 0 Å². The molecule has 0 aromatic carbocycles. The molecule has 1 fully saturated rings. The molecular formula is C12H23IN3O-. The van der Waals surface area contributed by atoms with Gasteiger partial charge >= 0.3 is 114 Å². The molecule has 0 bridgehead atoms. The fourth-order valence-corrected chi connectivity index (χ4v) is 4.90. The number of hydrogen-bond acceptors (Lipinski definition) is 2. The van der Waals surface area contributed by atoms with E-state index < -0.39 is 0 Å². The summed E-state index contributed by atoms with van der Waals surface area (Å²) in [6, 6.07) is 0. The number of carbonyl (C=O) groups is 1. The maximum absolute atomic E-state index is 11.9. The number of guanidine groups is 1. The van der Waals surface area contributed by atoms with Gasteiger partial charge in [-0.05, 0) is 0 Å². The van der Waals surface area contributed by atoms with Crippen molar-refractivity contribution in [2.24, 2.45) is 22.4 Å². The van der Waals surface area contributed by atoms with Crippen LogP contribution < -0.4 is 32.7 Å². The van der Waals surface area contributed by atoms with Crippen molar-refractivity contribution in [2.75, 3.05) is 15.4 Å². The van der Waals surface area contributed by atoms with Crippen molar-refractivity contribution in [3.63, 3.8) is 0 Å². The van der Waals surface area contributed by atoms with Gasteiger partial charge in [0, 0.05) is 0 Å². The summed E-state index contributed by atoms with van der Waals surface area (Å²) >= 11 is 0.443. The van der Waals surface area contributed by atoms with Crippen LogP contribution >= 0.6 is 0 Å². The number of alkyl halides is 2. The summed E-state index contributed by atoms with van der Waals surface area (Å²) in [5.41, 5.74) is 10.5. The molecule has 100 valence electrons. The third-order valence-corrected chi connectivity index (χ3v) is 5.78. The van der Waals surface area contributed by atoms with E-state index >= 15 is 0 Å². The Kier molecular flexibility index (Phi) is 7.55. The molecule has 1 aliphatic rings. The van der Waals surface area contributed by atoms with Gasteiger partial charge in [-0.1, -0.05) is 0 Å². The molecule has 0 atom stereocenters. The summed E-state index contributed by atoms with van der Waals surface area (Å²) in [7, 11) is 0. The number of carbonyl (C=O) groups excluding carboxylic acids is 1. The monoisotopic (exact) mass is 352 g/mol. The van der Waals surface area contributed by atoms with E-state index in [9.17, 15) is 4.79 Å². The normalized spacial score (nSPS) is 17.2. The topological polar surface area (TPSA) is 81.5 Å². The quantitative estimate of drug-likeness (QED) is 0.181. The van der Waals surface area contributed by atoms with Gasteiger partial charge in [-0.3, -0.25) is 0 Å². The predicted octanol–water partition coefficient (Wildman–Crippen LogP) is -2.11. The molecule has 1 saturated heterocycles. The molecule has 4 nitrogen and oxygen atoms in total. The molecule has 0 radical (unpaired) electrons. The van der Waals surface area contributed by atoms with Crippen molar-refractivity contribution in [3.8, 4) is 0 Å². The number of unbranched alkanes of at least 4 members (excludes halogenated alkanes) is 2. The molecule has 0 unspecified atom stereocenters. The van der Waals surface area contributed by atoms with Crippen molar-refractivity contribution < 1.29 is 26.0 Å². The summed E-state index contributed by atoms with van der Waals surface area (Å²) in [5, 5.41) is 0. The zero-order valence-corrected chi connectivity index (χ0v) is 12.5. The van der Waals surface area contributed by atoms with Gasteiger partial charge in [0.2, 0.25) is 0 Å². The van der Waals surface area contributed by atoms with Crippen molar-refractivity contribution in [2.45, 2.75) is 38.5 Å². The molecule has 0 amide bonds. The third kappa shape index (κ3) is 6.85. The Balaban J connectivity index is 2.01. The van der Waals surface area contributed by atoms with E-state index in [4.69, 9.17) is 11.5 Å². The van der Waals surface area contributed by atoms with Crippen LogP contribution in [0.1, 0.15) is 38.5 Å².